The van der Waals surface area contributed by atoms with Gasteiger partial charge in [-0.1, -0.05) is 47.6 Å². The molecule has 0 aliphatic carbocycles. The largest absolute Gasteiger partial charge is 0.325 e. The lowest BCUT2D eigenvalue weighted by molar-refractivity contribution is 0.329. The third-order valence-corrected chi connectivity index (χ3v) is 2.49. The molecule has 2 aromatic carbocycles. The molecule has 2 aromatic rings. The second kappa shape index (κ2) is 4.55. The average Bonchev–Trinajstić information content (AvgIpc) is 2.47. The van der Waals surface area contributed by atoms with Gasteiger partial charge in [0.25, 0.3) is 0 Å². The van der Waals surface area contributed by atoms with Crippen molar-refractivity contribution in [1.82, 2.24) is 0 Å². The number of hydrogen-bond acceptors (Lipinski definition) is 4. The summed E-state index contributed by atoms with van der Waals surface area (Å²) in [5.74, 6) is 0. The molecule has 0 radical (unpaired) electrons. The Morgan fingerprint density at radius 1 is 1.00 bits per heavy atom. The van der Waals surface area contributed by atoms with Crippen LogP contribution in [0.4, 0.5) is 0 Å². The highest BCUT2D eigenvalue weighted by atomic mass is 32.2. The number of nitrogens with zero attached hydrogens (tertiary/aromatic N) is 1. The van der Waals surface area contributed by atoms with E-state index in [0.29, 0.717) is 5.36 Å². The third kappa shape index (κ3) is 3.04. The first kappa shape index (κ1) is 11.6. The predicted octanol–water partition coefficient (Wildman–Crippen LogP) is 1.63. The summed E-state index contributed by atoms with van der Waals surface area (Å²) in [6, 6.07) is 14.8. The Morgan fingerprint density at radius 3 is 2.24 bits per heavy atom. The van der Waals surface area contributed by atoms with Gasteiger partial charge in [-0.25, -0.2) is 0 Å². The van der Waals surface area contributed by atoms with Crippen LogP contribution in [0.5, 0.6) is 0 Å². The van der Waals surface area contributed by atoms with E-state index in [4.69, 9.17) is 0 Å². The average molecular weight is 249 g/mol. The first-order valence-electron chi connectivity index (χ1n) is 4.97. The van der Waals surface area contributed by atoms with E-state index in [2.05, 4.69) is 9.44 Å². The van der Waals surface area contributed by atoms with Crippen molar-refractivity contribution in [3.05, 3.63) is 53.9 Å². The zero-order chi connectivity index (χ0) is 12.3. The molecule has 88 valence electrons. The smallest absolute Gasteiger partial charge is 0.268 e. The number of benzene rings is 1. The van der Waals surface area contributed by atoms with Gasteiger partial charge < -0.3 is 0 Å². The Kier molecular flexibility index (Phi) is 3.10. The van der Waals surface area contributed by atoms with Gasteiger partial charge >= 0.3 is 10.1 Å². The fourth-order valence-electron chi connectivity index (χ4n) is 1.46. The second-order valence-corrected chi connectivity index (χ2v) is 5.12. The summed E-state index contributed by atoms with van der Waals surface area (Å²) in [6.45, 7) is 0. The van der Waals surface area contributed by atoms with Gasteiger partial charge in [0.1, 0.15) is 5.36 Å². The second-order valence-electron chi connectivity index (χ2n) is 3.56. The van der Waals surface area contributed by atoms with Crippen LogP contribution in [-0.4, -0.2) is 14.7 Å². The van der Waals surface area contributed by atoms with Crippen molar-refractivity contribution < 1.29 is 12.7 Å². The highest BCUT2D eigenvalue weighted by Gasteiger charge is 1.99. The first-order valence-corrected chi connectivity index (χ1v) is 6.79. The lowest BCUT2D eigenvalue weighted by Gasteiger charge is -1.94. The fraction of sp³-hybridized carbons (Fsp3) is 0.0833. The Bertz CT molecular complexity index is 708. The van der Waals surface area contributed by atoms with Gasteiger partial charge in [-0.05, 0) is 11.5 Å². The van der Waals surface area contributed by atoms with Gasteiger partial charge in [0.15, 0.2) is 0 Å². The molecular formula is C12H11NO3S. The summed E-state index contributed by atoms with van der Waals surface area (Å²) in [5, 5.41) is 5.94. The van der Waals surface area contributed by atoms with E-state index in [9.17, 15) is 8.42 Å². The molecular weight excluding hydrogens is 238 g/mol. The van der Waals surface area contributed by atoms with Crippen LogP contribution in [0.15, 0.2) is 53.7 Å². The minimum atomic E-state index is -3.58. The molecule has 4 nitrogen and oxygen atoms in total. The third-order valence-electron chi connectivity index (χ3n) is 2.15. The molecule has 17 heavy (non-hydrogen) atoms. The summed E-state index contributed by atoms with van der Waals surface area (Å²) in [7, 11) is -3.58. The molecule has 0 unspecified atom stereocenters. The van der Waals surface area contributed by atoms with E-state index in [1.165, 1.54) is 0 Å². The maximum Gasteiger partial charge on any atom is 0.325 e. The molecule has 0 spiro atoms. The van der Waals surface area contributed by atoms with Crippen molar-refractivity contribution in [3.63, 3.8) is 0 Å². The van der Waals surface area contributed by atoms with Crippen molar-refractivity contribution >= 4 is 20.9 Å². The molecule has 0 aromatic heterocycles. The van der Waals surface area contributed by atoms with Crippen molar-refractivity contribution in [1.29, 1.82) is 0 Å². The van der Waals surface area contributed by atoms with E-state index in [1.807, 2.05) is 36.4 Å². The molecule has 0 saturated carbocycles. The molecule has 0 atom stereocenters. The standard InChI is InChI=1S/C12H11NO3S/c1-17(14,15)16-13-12-9-5-3-7-10-6-2-4-8-11(10)12/h2-9H,1H3/b13-12+. The highest BCUT2D eigenvalue weighted by Crippen LogP contribution is 2.07. The van der Waals surface area contributed by atoms with E-state index < -0.39 is 10.1 Å². The minimum Gasteiger partial charge on any atom is -0.268 e. The SMILES string of the molecule is CS(=O)(=O)O/N=c1\ccccc2ccccc12. The summed E-state index contributed by atoms with van der Waals surface area (Å²) in [6.07, 6.45) is 0.960. The van der Waals surface area contributed by atoms with Crippen LogP contribution in [0, 0.1) is 0 Å². The molecule has 2 rings (SSSR count). The summed E-state index contributed by atoms with van der Waals surface area (Å²) in [5.41, 5.74) is 0. The monoisotopic (exact) mass is 249 g/mol. The molecule has 0 N–H and O–H groups in total. The van der Waals surface area contributed by atoms with Crippen molar-refractivity contribution in [2.24, 2.45) is 5.16 Å². The lowest BCUT2D eigenvalue weighted by atomic mass is 10.2. The normalized spacial score (nSPS) is 12.6. The summed E-state index contributed by atoms with van der Waals surface area (Å²) < 4.78 is 26.3. The number of hydrogen-bond donors (Lipinski definition) is 0. The predicted molar refractivity (Wildman–Crippen MR) is 65.4 cm³/mol. The zero-order valence-electron chi connectivity index (χ0n) is 9.20. The minimum absolute atomic E-state index is 0.482. The Morgan fingerprint density at radius 2 is 1.59 bits per heavy atom. The fourth-order valence-corrected chi connectivity index (χ4v) is 1.67. The van der Waals surface area contributed by atoms with Gasteiger partial charge in [0.05, 0.1) is 6.26 Å². The quantitative estimate of drug-likeness (QED) is 0.760. The molecule has 0 aliphatic heterocycles. The van der Waals surface area contributed by atoms with Crippen LogP contribution in [0.25, 0.3) is 10.8 Å². The van der Waals surface area contributed by atoms with E-state index >= 15 is 0 Å². The van der Waals surface area contributed by atoms with Gasteiger partial charge in [0.2, 0.25) is 0 Å². The van der Waals surface area contributed by atoms with E-state index in [-0.39, 0.29) is 0 Å². The van der Waals surface area contributed by atoms with Crippen LogP contribution in [0.2, 0.25) is 0 Å². The molecule has 0 fully saturated rings. The highest BCUT2D eigenvalue weighted by molar-refractivity contribution is 7.85. The topological polar surface area (TPSA) is 55.7 Å². The van der Waals surface area contributed by atoms with Crippen LogP contribution < -0.4 is 5.36 Å². The van der Waals surface area contributed by atoms with E-state index in [0.717, 1.165) is 17.0 Å². The summed E-state index contributed by atoms with van der Waals surface area (Å²) in [4.78, 5) is 0. The maximum absolute atomic E-state index is 10.9. The van der Waals surface area contributed by atoms with Gasteiger partial charge in [-0.3, -0.25) is 4.28 Å². The number of fused-ring (bicyclic) bond motifs is 1. The first-order chi connectivity index (χ1) is 8.06. The maximum atomic E-state index is 10.9. The number of rotatable bonds is 2. The molecule has 0 aliphatic rings. The van der Waals surface area contributed by atoms with Gasteiger partial charge in [0, 0.05) is 5.39 Å². The summed E-state index contributed by atoms with van der Waals surface area (Å²) >= 11 is 0. The molecule has 0 amide bonds. The molecule has 0 heterocycles. The van der Waals surface area contributed by atoms with Crippen LogP contribution in [0.3, 0.4) is 0 Å². The van der Waals surface area contributed by atoms with Crippen molar-refractivity contribution in [3.8, 4) is 0 Å². The van der Waals surface area contributed by atoms with E-state index in [1.54, 1.807) is 12.1 Å². The van der Waals surface area contributed by atoms with Crippen LogP contribution >= 0.6 is 0 Å². The molecule has 0 saturated heterocycles. The molecule has 0 bridgehead atoms. The van der Waals surface area contributed by atoms with Crippen molar-refractivity contribution in [2.75, 3.05) is 6.26 Å². The van der Waals surface area contributed by atoms with Crippen LogP contribution in [-0.2, 0) is 14.4 Å². The lowest BCUT2D eigenvalue weighted by Crippen LogP contribution is -2.05. The van der Waals surface area contributed by atoms with Crippen molar-refractivity contribution in [2.45, 2.75) is 0 Å². The van der Waals surface area contributed by atoms with Gasteiger partial charge in [-0.15, -0.1) is 0 Å². The van der Waals surface area contributed by atoms with Crippen LogP contribution in [0.1, 0.15) is 0 Å². The Labute approximate surface area is 99.3 Å². The Balaban J connectivity index is 2.70. The Hall–Kier alpha value is -1.88. The van der Waals surface area contributed by atoms with Gasteiger partial charge in [-0.2, -0.15) is 8.42 Å². The zero-order valence-corrected chi connectivity index (χ0v) is 10.0. The molecule has 5 heteroatoms.